The highest BCUT2D eigenvalue weighted by atomic mass is 16.4. The summed E-state index contributed by atoms with van der Waals surface area (Å²) in [7, 11) is 0. The number of aliphatic hydroxyl groups excluding tert-OH is 2. The summed E-state index contributed by atoms with van der Waals surface area (Å²) in [5.41, 5.74) is 5.19. The lowest BCUT2D eigenvalue weighted by molar-refractivity contribution is 0.0691. The molecule has 1 aromatic rings. The van der Waals surface area contributed by atoms with Gasteiger partial charge >= 0.3 is 5.97 Å². The lowest BCUT2D eigenvalue weighted by Gasteiger charge is -2.13. The van der Waals surface area contributed by atoms with E-state index in [1.54, 1.807) is 0 Å². The van der Waals surface area contributed by atoms with Crippen LogP contribution in [0.5, 0.6) is 0 Å². The molecule has 0 radical (unpaired) electrons. The molecule has 1 aromatic carbocycles. The average molecular weight is 239 g/mol. The van der Waals surface area contributed by atoms with Crippen molar-refractivity contribution in [3.8, 4) is 0 Å². The summed E-state index contributed by atoms with van der Waals surface area (Å²) in [6.07, 6.45) is -1.27. The van der Waals surface area contributed by atoms with E-state index in [-0.39, 0.29) is 23.1 Å². The Morgan fingerprint density at radius 2 is 1.88 bits per heavy atom. The predicted octanol–water partition coefficient (Wildman–Crippen LogP) is -0.621. The smallest absolute Gasteiger partial charge is 0.335 e. The Morgan fingerprint density at radius 3 is 2.35 bits per heavy atom. The molecule has 6 heteroatoms. The highest BCUT2D eigenvalue weighted by molar-refractivity contribution is 5.99. The average Bonchev–Trinajstić information content (AvgIpc) is 2.28. The van der Waals surface area contributed by atoms with Crippen molar-refractivity contribution < 1.29 is 24.9 Å². The highest BCUT2D eigenvalue weighted by Gasteiger charge is 2.19. The van der Waals surface area contributed by atoms with Crippen molar-refractivity contribution in [3.05, 3.63) is 34.9 Å². The Hall–Kier alpha value is -1.92. The molecule has 0 heterocycles. The van der Waals surface area contributed by atoms with E-state index in [1.807, 2.05) is 0 Å². The molecule has 1 amide bonds. The van der Waals surface area contributed by atoms with Crippen LogP contribution >= 0.6 is 0 Å². The molecule has 0 aliphatic rings. The minimum Gasteiger partial charge on any atom is -0.478 e. The zero-order valence-electron chi connectivity index (χ0n) is 8.96. The molecule has 0 aliphatic carbocycles. The number of nitrogens with two attached hydrogens (primary N) is 1. The van der Waals surface area contributed by atoms with E-state index < -0.39 is 24.6 Å². The second-order valence-corrected chi connectivity index (χ2v) is 3.54. The number of amides is 1. The van der Waals surface area contributed by atoms with Crippen molar-refractivity contribution >= 4 is 11.9 Å². The molecule has 5 N–H and O–H groups in total. The fraction of sp³-hybridized carbons (Fsp3) is 0.273. The second-order valence-electron chi connectivity index (χ2n) is 3.54. The van der Waals surface area contributed by atoms with E-state index in [4.69, 9.17) is 15.9 Å². The molecule has 1 unspecified atom stereocenters. The maximum atomic E-state index is 11.2. The third-order valence-electron chi connectivity index (χ3n) is 2.32. The normalized spacial score (nSPS) is 12.1. The summed E-state index contributed by atoms with van der Waals surface area (Å²) >= 11 is 0. The number of hydrogen-bond acceptors (Lipinski definition) is 4. The number of primary amides is 1. The third-order valence-corrected chi connectivity index (χ3v) is 2.32. The monoisotopic (exact) mass is 239 g/mol. The summed E-state index contributed by atoms with van der Waals surface area (Å²) in [5.74, 6) is -1.98. The van der Waals surface area contributed by atoms with Crippen LogP contribution < -0.4 is 5.73 Å². The van der Waals surface area contributed by atoms with Crippen molar-refractivity contribution in [3.63, 3.8) is 0 Å². The Morgan fingerprint density at radius 1 is 1.29 bits per heavy atom. The number of carbonyl (C=O) groups is 2. The number of benzene rings is 1. The molecule has 0 bridgehead atoms. The van der Waals surface area contributed by atoms with Gasteiger partial charge in [0.25, 0.3) is 0 Å². The minimum absolute atomic E-state index is 0.0393. The van der Waals surface area contributed by atoms with Gasteiger partial charge in [-0.15, -0.1) is 0 Å². The van der Waals surface area contributed by atoms with Crippen molar-refractivity contribution in [1.82, 2.24) is 0 Å². The number of hydrogen-bond donors (Lipinski definition) is 4. The van der Waals surface area contributed by atoms with Crippen LogP contribution in [0, 0.1) is 0 Å². The maximum Gasteiger partial charge on any atom is 0.335 e. The number of carboxylic acids is 1. The van der Waals surface area contributed by atoms with Gasteiger partial charge in [-0.1, -0.05) is 6.07 Å². The van der Waals surface area contributed by atoms with Crippen LogP contribution in [-0.2, 0) is 6.42 Å². The third kappa shape index (κ3) is 3.02. The summed E-state index contributed by atoms with van der Waals surface area (Å²) in [5, 5.41) is 27.0. The van der Waals surface area contributed by atoms with Crippen LogP contribution in [0.1, 0.15) is 26.3 Å². The van der Waals surface area contributed by atoms with Gasteiger partial charge in [-0.05, 0) is 17.7 Å². The molecule has 1 atom stereocenters. The van der Waals surface area contributed by atoms with E-state index in [0.717, 1.165) is 0 Å². The first-order valence-electron chi connectivity index (χ1n) is 4.91. The quantitative estimate of drug-likeness (QED) is 0.545. The number of rotatable bonds is 5. The topological polar surface area (TPSA) is 121 Å². The molecule has 0 fully saturated rings. The zero-order valence-corrected chi connectivity index (χ0v) is 8.96. The SMILES string of the molecule is NC(=O)c1cccc(C(=O)O)c1CC(O)CO. The van der Waals surface area contributed by atoms with E-state index >= 15 is 0 Å². The minimum atomic E-state index is -1.21. The first-order valence-corrected chi connectivity index (χ1v) is 4.91. The standard InChI is InChI=1S/C11H13NO5/c12-10(15)7-2-1-3-8(11(16)17)9(7)4-6(14)5-13/h1-3,6,13-14H,4-5H2,(H2,12,15)(H,16,17). The number of aliphatic hydroxyl groups is 2. The molecule has 17 heavy (non-hydrogen) atoms. The molecule has 0 spiro atoms. The van der Waals surface area contributed by atoms with Crippen molar-refractivity contribution in [2.75, 3.05) is 6.61 Å². The van der Waals surface area contributed by atoms with Crippen molar-refractivity contribution in [2.24, 2.45) is 5.73 Å². The number of carbonyl (C=O) groups excluding carboxylic acids is 1. The summed E-state index contributed by atoms with van der Waals surface area (Å²) in [6, 6.07) is 4.10. The van der Waals surface area contributed by atoms with Crippen LogP contribution in [-0.4, -0.2) is 39.9 Å². The van der Waals surface area contributed by atoms with Gasteiger partial charge < -0.3 is 21.1 Å². The Labute approximate surface area is 97.3 Å². The van der Waals surface area contributed by atoms with Crippen LogP contribution in [0.3, 0.4) is 0 Å². The summed E-state index contributed by atoms with van der Waals surface area (Å²) < 4.78 is 0. The van der Waals surface area contributed by atoms with Gasteiger partial charge in [0, 0.05) is 12.0 Å². The molecular formula is C11H13NO5. The van der Waals surface area contributed by atoms with Gasteiger partial charge in [0.15, 0.2) is 0 Å². The van der Waals surface area contributed by atoms with Gasteiger partial charge in [-0.3, -0.25) is 4.79 Å². The van der Waals surface area contributed by atoms with E-state index in [9.17, 15) is 14.7 Å². The molecule has 92 valence electrons. The Kier molecular flexibility index (Phi) is 4.19. The molecule has 0 aliphatic heterocycles. The van der Waals surface area contributed by atoms with E-state index in [1.165, 1.54) is 18.2 Å². The van der Waals surface area contributed by atoms with Crippen LogP contribution in [0.4, 0.5) is 0 Å². The van der Waals surface area contributed by atoms with Gasteiger partial charge in [0.2, 0.25) is 5.91 Å². The van der Waals surface area contributed by atoms with Gasteiger partial charge in [-0.2, -0.15) is 0 Å². The first-order chi connectivity index (χ1) is 7.97. The fourth-order valence-electron chi connectivity index (χ4n) is 1.54. The Balaban J connectivity index is 3.28. The number of aromatic carboxylic acids is 1. The van der Waals surface area contributed by atoms with Gasteiger partial charge in [-0.25, -0.2) is 4.79 Å². The first kappa shape index (κ1) is 13.1. The summed E-state index contributed by atoms with van der Waals surface area (Å²) in [6.45, 7) is -0.522. The van der Waals surface area contributed by atoms with Crippen LogP contribution in [0.15, 0.2) is 18.2 Å². The largest absolute Gasteiger partial charge is 0.478 e. The van der Waals surface area contributed by atoms with Crippen molar-refractivity contribution in [2.45, 2.75) is 12.5 Å². The summed E-state index contributed by atoms with van der Waals surface area (Å²) in [4.78, 5) is 22.1. The molecule has 6 nitrogen and oxygen atoms in total. The molecule has 1 rings (SSSR count). The maximum absolute atomic E-state index is 11.2. The Bertz CT molecular complexity index is 411. The molecule has 0 aromatic heterocycles. The zero-order chi connectivity index (χ0) is 13.0. The lowest BCUT2D eigenvalue weighted by atomic mass is 9.95. The van der Waals surface area contributed by atoms with Crippen LogP contribution in [0.25, 0.3) is 0 Å². The molecular weight excluding hydrogens is 226 g/mol. The predicted molar refractivity (Wildman–Crippen MR) is 58.7 cm³/mol. The van der Waals surface area contributed by atoms with Gasteiger partial charge in [0.1, 0.15) is 0 Å². The van der Waals surface area contributed by atoms with Crippen LogP contribution in [0.2, 0.25) is 0 Å². The number of carboxylic acid groups (broad SMARTS) is 1. The van der Waals surface area contributed by atoms with Crippen molar-refractivity contribution in [1.29, 1.82) is 0 Å². The highest BCUT2D eigenvalue weighted by Crippen LogP contribution is 2.17. The lowest BCUT2D eigenvalue weighted by Crippen LogP contribution is -2.22. The molecule has 0 saturated carbocycles. The van der Waals surface area contributed by atoms with E-state index in [0.29, 0.717) is 0 Å². The fourth-order valence-corrected chi connectivity index (χ4v) is 1.54. The molecule has 0 saturated heterocycles. The van der Waals surface area contributed by atoms with E-state index in [2.05, 4.69) is 0 Å². The second kappa shape index (κ2) is 5.42. The van der Waals surface area contributed by atoms with Gasteiger partial charge in [0.05, 0.1) is 18.3 Å².